The van der Waals surface area contributed by atoms with E-state index >= 15 is 0 Å². The second-order valence-electron chi connectivity index (χ2n) is 5.87. The summed E-state index contributed by atoms with van der Waals surface area (Å²) in [4.78, 5) is 14.0. The summed E-state index contributed by atoms with van der Waals surface area (Å²) in [5.74, 6) is 1.51. The molecule has 0 spiro atoms. The van der Waals surface area contributed by atoms with Gasteiger partial charge in [-0.2, -0.15) is 0 Å². The Morgan fingerprint density at radius 2 is 1.65 bits per heavy atom. The molecule has 0 radical (unpaired) electrons. The molecular weight excluding hydrogens is 326 g/mol. The summed E-state index contributed by atoms with van der Waals surface area (Å²) in [5.41, 5.74) is 4.91. The Bertz CT molecular complexity index is 649. The number of hydrogen-bond acceptors (Lipinski definition) is 2. The predicted molar refractivity (Wildman–Crippen MR) is 100 cm³/mol. The Morgan fingerprint density at radius 1 is 1.04 bits per heavy atom. The minimum atomic E-state index is 0.148. The highest BCUT2D eigenvalue weighted by molar-refractivity contribution is 7.99. The highest BCUT2D eigenvalue weighted by Gasteiger charge is 2.09. The summed E-state index contributed by atoms with van der Waals surface area (Å²) < 4.78 is 0. The first kappa shape index (κ1) is 17.9. The molecule has 0 N–H and O–H groups in total. The molecule has 2 aromatic rings. The van der Waals surface area contributed by atoms with Crippen LogP contribution in [0.25, 0.3) is 0 Å². The SMILES string of the molecule is Cc1cc(C)cc(CSCC(=O)N(C)Cc2ccc(Cl)cc2)c1. The van der Waals surface area contributed by atoms with Crippen LogP contribution in [0.3, 0.4) is 0 Å². The average molecular weight is 348 g/mol. The van der Waals surface area contributed by atoms with Gasteiger partial charge >= 0.3 is 0 Å². The van der Waals surface area contributed by atoms with Crippen LogP contribution in [0.1, 0.15) is 22.3 Å². The van der Waals surface area contributed by atoms with E-state index in [1.165, 1.54) is 16.7 Å². The van der Waals surface area contributed by atoms with Crippen LogP contribution < -0.4 is 0 Å². The summed E-state index contributed by atoms with van der Waals surface area (Å²) in [6.45, 7) is 4.82. The lowest BCUT2D eigenvalue weighted by Crippen LogP contribution is -2.27. The molecule has 0 unspecified atom stereocenters. The van der Waals surface area contributed by atoms with Gasteiger partial charge in [0, 0.05) is 24.4 Å². The van der Waals surface area contributed by atoms with E-state index in [4.69, 9.17) is 11.6 Å². The third kappa shape index (κ3) is 5.92. The van der Waals surface area contributed by atoms with Crippen LogP contribution in [0.5, 0.6) is 0 Å². The molecule has 0 aliphatic carbocycles. The molecule has 0 aliphatic heterocycles. The molecule has 0 aliphatic rings. The van der Waals surface area contributed by atoms with Crippen LogP contribution in [-0.4, -0.2) is 23.6 Å². The van der Waals surface area contributed by atoms with Gasteiger partial charge < -0.3 is 4.90 Å². The van der Waals surface area contributed by atoms with E-state index in [2.05, 4.69) is 32.0 Å². The van der Waals surface area contributed by atoms with Gasteiger partial charge in [0.15, 0.2) is 0 Å². The zero-order valence-electron chi connectivity index (χ0n) is 13.8. The van der Waals surface area contributed by atoms with E-state index in [1.807, 2.05) is 31.3 Å². The highest BCUT2D eigenvalue weighted by Crippen LogP contribution is 2.17. The molecule has 1 amide bonds. The number of carbonyl (C=O) groups excluding carboxylic acids is 1. The highest BCUT2D eigenvalue weighted by atomic mass is 35.5. The first-order valence-corrected chi connectivity index (χ1v) is 9.10. The zero-order chi connectivity index (χ0) is 16.8. The lowest BCUT2D eigenvalue weighted by Gasteiger charge is -2.17. The molecule has 2 aromatic carbocycles. The van der Waals surface area contributed by atoms with Crippen LogP contribution in [0.2, 0.25) is 5.02 Å². The lowest BCUT2D eigenvalue weighted by molar-refractivity contribution is -0.127. The van der Waals surface area contributed by atoms with Crippen molar-refractivity contribution in [3.63, 3.8) is 0 Å². The van der Waals surface area contributed by atoms with Crippen LogP contribution >= 0.6 is 23.4 Å². The number of hydrogen-bond donors (Lipinski definition) is 0. The van der Waals surface area contributed by atoms with E-state index < -0.39 is 0 Å². The van der Waals surface area contributed by atoms with Crippen LogP contribution in [0, 0.1) is 13.8 Å². The molecule has 0 atom stereocenters. The second kappa shape index (κ2) is 8.42. The van der Waals surface area contributed by atoms with E-state index in [0.29, 0.717) is 17.3 Å². The molecular formula is C19H22ClNOS. The number of rotatable bonds is 6. The molecule has 2 rings (SSSR count). The van der Waals surface area contributed by atoms with Gasteiger partial charge in [-0.05, 0) is 37.1 Å². The van der Waals surface area contributed by atoms with Crippen molar-refractivity contribution in [2.45, 2.75) is 26.1 Å². The van der Waals surface area contributed by atoms with Crippen molar-refractivity contribution >= 4 is 29.3 Å². The fourth-order valence-electron chi connectivity index (χ4n) is 2.47. The van der Waals surface area contributed by atoms with Crippen molar-refractivity contribution in [2.75, 3.05) is 12.8 Å². The number of benzene rings is 2. The van der Waals surface area contributed by atoms with Crippen molar-refractivity contribution < 1.29 is 4.79 Å². The maximum absolute atomic E-state index is 12.2. The summed E-state index contributed by atoms with van der Waals surface area (Å²) in [5, 5.41) is 0.715. The Labute approximate surface area is 147 Å². The van der Waals surface area contributed by atoms with Crippen LogP contribution in [-0.2, 0) is 17.1 Å². The molecule has 23 heavy (non-hydrogen) atoms. The number of thioether (sulfide) groups is 1. The number of aryl methyl sites for hydroxylation is 2. The van der Waals surface area contributed by atoms with Crippen molar-refractivity contribution in [3.05, 3.63) is 69.7 Å². The quantitative estimate of drug-likeness (QED) is 0.744. The Morgan fingerprint density at radius 3 is 2.26 bits per heavy atom. The van der Waals surface area contributed by atoms with E-state index in [0.717, 1.165) is 11.3 Å². The van der Waals surface area contributed by atoms with Crippen molar-refractivity contribution in [2.24, 2.45) is 0 Å². The van der Waals surface area contributed by atoms with Crippen molar-refractivity contribution in [1.82, 2.24) is 4.90 Å². The van der Waals surface area contributed by atoms with Gasteiger partial charge in [0.05, 0.1) is 5.75 Å². The van der Waals surface area contributed by atoms with Crippen molar-refractivity contribution in [3.8, 4) is 0 Å². The predicted octanol–water partition coefficient (Wildman–Crippen LogP) is 4.85. The first-order chi connectivity index (χ1) is 10.9. The monoisotopic (exact) mass is 347 g/mol. The molecule has 0 fully saturated rings. The fraction of sp³-hybridized carbons (Fsp3) is 0.316. The molecule has 122 valence electrons. The summed E-state index contributed by atoms with van der Waals surface area (Å²) in [6, 6.07) is 14.1. The average Bonchev–Trinajstić information content (AvgIpc) is 2.48. The van der Waals surface area contributed by atoms with E-state index in [9.17, 15) is 4.79 Å². The van der Waals surface area contributed by atoms with E-state index in [-0.39, 0.29) is 5.91 Å². The molecule has 0 bridgehead atoms. The summed E-state index contributed by atoms with van der Waals surface area (Å²) in [6.07, 6.45) is 0. The van der Waals surface area contributed by atoms with Gasteiger partial charge in [-0.25, -0.2) is 0 Å². The fourth-order valence-corrected chi connectivity index (χ4v) is 3.50. The smallest absolute Gasteiger partial charge is 0.232 e. The number of nitrogens with zero attached hydrogens (tertiary/aromatic N) is 1. The molecule has 4 heteroatoms. The third-order valence-electron chi connectivity index (χ3n) is 3.53. The molecule has 0 saturated heterocycles. The number of halogens is 1. The van der Waals surface area contributed by atoms with Gasteiger partial charge in [-0.3, -0.25) is 4.79 Å². The largest absolute Gasteiger partial charge is 0.341 e. The lowest BCUT2D eigenvalue weighted by atomic mass is 10.1. The van der Waals surface area contributed by atoms with Gasteiger partial charge in [-0.15, -0.1) is 11.8 Å². The maximum Gasteiger partial charge on any atom is 0.232 e. The Hall–Kier alpha value is -1.45. The van der Waals surface area contributed by atoms with Gasteiger partial charge in [0.2, 0.25) is 5.91 Å². The third-order valence-corrected chi connectivity index (χ3v) is 4.78. The van der Waals surface area contributed by atoms with Gasteiger partial charge in [0.1, 0.15) is 0 Å². The minimum absolute atomic E-state index is 0.148. The molecule has 2 nitrogen and oxygen atoms in total. The maximum atomic E-state index is 12.2. The standard InChI is InChI=1S/C19H22ClNOS/c1-14-8-15(2)10-17(9-14)12-23-13-19(22)21(3)11-16-4-6-18(20)7-5-16/h4-10H,11-13H2,1-3H3. The van der Waals surface area contributed by atoms with Crippen molar-refractivity contribution in [1.29, 1.82) is 0 Å². The molecule has 0 aromatic heterocycles. The van der Waals surface area contributed by atoms with Gasteiger partial charge in [-0.1, -0.05) is 53.1 Å². The normalized spacial score (nSPS) is 10.6. The van der Waals surface area contributed by atoms with Crippen LogP contribution in [0.15, 0.2) is 42.5 Å². The first-order valence-electron chi connectivity index (χ1n) is 7.57. The number of carbonyl (C=O) groups is 1. The number of amides is 1. The summed E-state index contributed by atoms with van der Waals surface area (Å²) >= 11 is 7.54. The van der Waals surface area contributed by atoms with E-state index in [1.54, 1.807) is 16.7 Å². The van der Waals surface area contributed by atoms with Gasteiger partial charge in [0.25, 0.3) is 0 Å². The molecule has 0 saturated carbocycles. The molecule has 0 heterocycles. The Balaban J connectivity index is 1.80. The second-order valence-corrected chi connectivity index (χ2v) is 7.29. The Kier molecular flexibility index (Phi) is 6.55. The van der Waals surface area contributed by atoms with Crippen LogP contribution in [0.4, 0.5) is 0 Å². The topological polar surface area (TPSA) is 20.3 Å². The minimum Gasteiger partial charge on any atom is -0.341 e. The summed E-state index contributed by atoms with van der Waals surface area (Å²) in [7, 11) is 1.84. The zero-order valence-corrected chi connectivity index (χ0v) is 15.4.